The molecule has 374 valence electrons. The van der Waals surface area contributed by atoms with E-state index < -0.39 is 0 Å². The van der Waals surface area contributed by atoms with Crippen LogP contribution in [0.3, 0.4) is 0 Å². The maximum absolute atomic E-state index is 12.2. The quantitative estimate of drug-likeness (QED) is 0.0195. The number of aryl methyl sites for hydroxylation is 2. The van der Waals surface area contributed by atoms with E-state index in [1.165, 1.54) is 80.0 Å². The second-order valence-electron chi connectivity index (χ2n) is 18.1. The zero-order valence-electron chi connectivity index (χ0n) is 43.0. The van der Waals surface area contributed by atoms with Gasteiger partial charge in [0.1, 0.15) is 28.8 Å². The van der Waals surface area contributed by atoms with E-state index in [-0.39, 0.29) is 17.2 Å². The highest BCUT2D eigenvalue weighted by Gasteiger charge is 2.12. The van der Waals surface area contributed by atoms with Crippen LogP contribution in [0.5, 0.6) is 23.0 Å². The van der Waals surface area contributed by atoms with Gasteiger partial charge in [0.2, 0.25) is 0 Å². The molecule has 0 bridgehead atoms. The van der Waals surface area contributed by atoms with Crippen molar-refractivity contribution < 1.29 is 34.0 Å². The molecule has 0 saturated carbocycles. The first-order chi connectivity index (χ1) is 33.1. The number of esters is 1. The fourth-order valence-electron chi connectivity index (χ4n) is 8.15. The Morgan fingerprint density at radius 2 is 0.986 bits per heavy atom. The molecule has 9 heteroatoms. The number of carbonyl (C=O) groups is 2. The van der Waals surface area contributed by atoms with Crippen LogP contribution < -0.4 is 18.9 Å². The average molecular weight is 943 g/mol. The van der Waals surface area contributed by atoms with Crippen molar-refractivity contribution in [2.75, 3.05) is 20.8 Å². The summed E-state index contributed by atoms with van der Waals surface area (Å²) >= 11 is 0. The van der Waals surface area contributed by atoms with E-state index in [0.717, 1.165) is 97.7 Å². The van der Waals surface area contributed by atoms with Gasteiger partial charge in [-0.15, -0.1) is 0 Å². The van der Waals surface area contributed by atoms with Crippen LogP contribution in [0.25, 0.3) is 11.1 Å². The molecule has 0 fully saturated rings. The number of rotatable bonds is 30. The Balaban J connectivity index is 0.000000360. The van der Waals surface area contributed by atoms with Crippen molar-refractivity contribution in [1.29, 1.82) is 0 Å². The van der Waals surface area contributed by atoms with Crippen LogP contribution in [0.15, 0.2) is 119 Å². The number of Topliss-reactive ketones (excluding diaryl/α,β-unsaturated/α-hetero) is 1. The molecule has 0 aliphatic carbocycles. The first-order valence-electron chi connectivity index (χ1n) is 25.5. The maximum atomic E-state index is 12.2. The van der Waals surface area contributed by atoms with Gasteiger partial charge >= 0.3 is 5.97 Å². The van der Waals surface area contributed by atoms with Crippen LogP contribution in [0.4, 0.5) is 11.4 Å². The number of hydrogen-bond acceptors (Lipinski definition) is 8. The number of hydrogen-bond donors (Lipinski definition) is 0. The van der Waals surface area contributed by atoms with Gasteiger partial charge in [-0.1, -0.05) is 139 Å². The van der Waals surface area contributed by atoms with E-state index in [1.807, 2.05) is 56.3 Å². The molecule has 0 heterocycles. The number of ether oxygens (including phenoxy) is 4. The third kappa shape index (κ3) is 22.5. The lowest BCUT2D eigenvalue weighted by molar-refractivity contribution is -0.134. The van der Waals surface area contributed by atoms with E-state index in [1.54, 1.807) is 27.2 Å². The molecular weight excluding hydrogens is 861 g/mol. The van der Waals surface area contributed by atoms with Gasteiger partial charge in [-0.2, -0.15) is 10.2 Å². The van der Waals surface area contributed by atoms with E-state index in [0.29, 0.717) is 24.5 Å². The summed E-state index contributed by atoms with van der Waals surface area (Å²) in [6, 6.07) is 37.1. The Morgan fingerprint density at radius 1 is 0.522 bits per heavy atom. The predicted molar refractivity (Wildman–Crippen MR) is 284 cm³/mol. The number of azo groups is 1. The SMILES string of the molecule is CCCCCCCCCOc1ccc(C(CC)Cc2ccc(-c3ccc(OC)cc3)cc2)cc1.COc1ccc(N=Nc2ccc(OC(=O)CCCCCCCCCCC(C)=O)cc2C)c(C)c1.O. The van der Waals surface area contributed by atoms with Gasteiger partial charge < -0.3 is 29.2 Å². The van der Waals surface area contributed by atoms with Gasteiger partial charge in [-0.05, 0) is 153 Å². The van der Waals surface area contributed by atoms with E-state index in [4.69, 9.17) is 18.9 Å². The molecule has 1 unspecified atom stereocenters. The van der Waals surface area contributed by atoms with E-state index >= 15 is 0 Å². The van der Waals surface area contributed by atoms with Crippen molar-refractivity contribution in [3.05, 3.63) is 131 Å². The molecule has 5 rings (SSSR count). The molecular formula is C60H82N2O7. The Kier molecular flexibility index (Phi) is 28.1. The summed E-state index contributed by atoms with van der Waals surface area (Å²) < 4.78 is 22.0. The van der Waals surface area contributed by atoms with Gasteiger partial charge in [-0.25, -0.2) is 0 Å². The first-order valence-corrected chi connectivity index (χ1v) is 25.5. The Bertz CT molecular complexity index is 2220. The lowest BCUT2D eigenvalue weighted by atomic mass is 9.89. The molecule has 0 aliphatic heterocycles. The fraction of sp³-hybridized carbons (Fsp3) is 0.467. The maximum Gasteiger partial charge on any atom is 0.311 e. The smallest absolute Gasteiger partial charge is 0.311 e. The number of carbonyl (C=O) groups excluding carboxylic acids is 2. The number of unbranched alkanes of at least 4 members (excludes halogenated alkanes) is 13. The van der Waals surface area contributed by atoms with Gasteiger partial charge in [0.05, 0.1) is 32.2 Å². The summed E-state index contributed by atoms with van der Waals surface area (Å²) in [6.07, 6.45) is 21.2. The van der Waals surface area contributed by atoms with Crippen molar-refractivity contribution in [3.8, 4) is 34.1 Å². The van der Waals surface area contributed by atoms with Crippen molar-refractivity contribution in [2.45, 2.75) is 163 Å². The molecule has 5 aromatic carbocycles. The standard InChI is InChI=1S/C32H42O2.C28H38N2O4.H2O/c1-4-6-7-8-9-10-11-24-34-32-22-18-28(19-23-32)27(5-2)25-26-12-14-29(15-13-26)30-16-20-31(33-3)21-17-30;1-21-19-24(33-4)15-17-26(21)29-30-27-18-16-25(20-22(27)2)34-28(32)14-12-10-8-6-5-7-9-11-13-23(3)31;/h12-23,27H,4-11,24-25H2,1-3H3;15-20H,5-14H2,1-4H3;1H2. The summed E-state index contributed by atoms with van der Waals surface area (Å²) in [5.74, 6) is 3.80. The Labute approximate surface area is 414 Å². The monoisotopic (exact) mass is 943 g/mol. The third-order valence-corrected chi connectivity index (χ3v) is 12.4. The normalized spacial score (nSPS) is 11.3. The molecule has 2 N–H and O–H groups in total. The zero-order chi connectivity index (χ0) is 48.8. The van der Waals surface area contributed by atoms with Crippen LogP contribution in [0.1, 0.15) is 165 Å². The summed E-state index contributed by atoms with van der Waals surface area (Å²) in [7, 11) is 3.34. The second kappa shape index (κ2) is 33.7. The largest absolute Gasteiger partial charge is 0.497 e. The predicted octanol–water partition coefficient (Wildman–Crippen LogP) is 16.5. The van der Waals surface area contributed by atoms with Crippen LogP contribution >= 0.6 is 0 Å². The highest BCUT2D eigenvalue weighted by Crippen LogP contribution is 2.31. The lowest BCUT2D eigenvalue weighted by Crippen LogP contribution is -2.07. The number of methoxy groups -OCH3 is 2. The molecule has 0 aromatic heterocycles. The van der Waals surface area contributed by atoms with Crippen molar-refractivity contribution in [1.82, 2.24) is 0 Å². The summed E-state index contributed by atoms with van der Waals surface area (Å²) in [5.41, 5.74) is 8.61. The second-order valence-corrected chi connectivity index (χ2v) is 18.1. The van der Waals surface area contributed by atoms with Gasteiger partial charge in [0.15, 0.2) is 0 Å². The Hall–Kier alpha value is -5.80. The minimum atomic E-state index is -0.202. The Morgan fingerprint density at radius 3 is 1.51 bits per heavy atom. The van der Waals surface area contributed by atoms with Gasteiger partial charge in [-0.3, -0.25) is 4.79 Å². The molecule has 5 aromatic rings. The topological polar surface area (TPSA) is 127 Å². The van der Waals surface area contributed by atoms with Crippen LogP contribution in [-0.4, -0.2) is 38.1 Å². The number of ketones is 1. The van der Waals surface area contributed by atoms with Crippen molar-refractivity contribution in [3.63, 3.8) is 0 Å². The van der Waals surface area contributed by atoms with E-state index in [2.05, 4.69) is 84.7 Å². The molecule has 0 radical (unpaired) electrons. The molecule has 0 saturated heterocycles. The average Bonchev–Trinajstić information content (AvgIpc) is 3.35. The summed E-state index contributed by atoms with van der Waals surface area (Å²) in [5, 5.41) is 8.69. The fourth-order valence-corrected chi connectivity index (χ4v) is 8.15. The van der Waals surface area contributed by atoms with E-state index in [9.17, 15) is 9.59 Å². The lowest BCUT2D eigenvalue weighted by Gasteiger charge is -2.17. The van der Waals surface area contributed by atoms with Crippen LogP contribution in [0.2, 0.25) is 0 Å². The molecule has 1 atom stereocenters. The van der Waals surface area contributed by atoms with Crippen molar-refractivity contribution in [2.24, 2.45) is 10.2 Å². The first kappa shape index (κ1) is 57.5. The van der Waals surface area contributed by atoms with Crippen molar-refractivity contribution >= 4 is 23.1 Å². The zero-order valence-corrected chi connectivity index (χ0v) is 43.0. The number of benzene rings is 5. The molecule has 69 heavy (non-hydrogen) atoms. The minimum Gasteiger partial charge on any atom is -0.497 e. The minimum absolute atomic E-state index is 0. The number of nitrogens with zero attached hydrogens (tertiary/aromatic N) is 2. The third-order valence-electron chi connectivity index (χ3n) is 12.4. The van der Waals surface area contributed by atoms with Crippen LogP contribution in [0, 0.1) is 13.8 Å². The summed E-state index contributed by atoms with van der Waals surface area (Å²) in [4.78, 5) is 23.1. The molecule has 0 aliphatic rings. The van der Waals surface area contributed by atoms with Gasteiger partial charge in [0, 0.05) is 12.8 Å². The highest BCUT2D eigenvalue weighted by atomic mass is 16.5. The molecule has 9 nitrogen and oxygen atoms in total. The van der Waals surface area contributed by atoms with Gasteiger partial charge in [0.25, 0.3) is 0 Å². The van der Waals surface area contributed by atoms with Crippen LogP contribution in [-0.2, 0) is 16.0 Å². The summed E-state index contributed by atoms with van der Waals surface area (Å²) in [6.45, 7) is 10.9. The highest BCUT2D eigenvalue weighted by molar-refractivity contribution is 5.75. The molecule has 0 spiro atoms. The molecule has 0 amide bonds.